The van der Waals surface area contributed by atoms with Crippen LogP contribution in [-0.4, -0.2) is 15.1 Å². The predicted molar refractivity (Wildman–Crippen MR) is 77.1 cm³/mol. The Labute approximate surface area is 124 Å². The third-order valence-electron chi connectivity index (χ3n) is 3.32. The van der Waals surface area contributed by atoms with E-state index in [9.17, 15) is 0 Å². The second-order valence-corrected chi connectivity index (χ2v) is 5.71. The van der Waals surface area contributed by atoms with Crippen LogP contribution in [0.4, 0.5) is 5.13 Å². The van der Waals surface area contributed by atoms with Crippen LogP contribution >= 0.6 is 11.3 Å². The van der Waals surface area contributed by atoms with Crippen LogP contribution in [0.1, 0.15) is 29.1 Å². The van der Waals surface area contributed by atoms with Gasteiger partial charge in [0.25, 0.3) is 0 Å². The van der Waals surface area contributed by atoms with Crippen LogP contribution in [0.5, 0.6) is 5.75 Å². The number of thiazole rings is 1. The van der Waals surface area contributed by atoms with Crippen LogP contribution in [0.25, 0.3) is 0 Å². The maximum Gasteiger partial charge on any atom is 0.232 e. The summed E-state index contributed by atoms with van der Waals surface area (Å²) in [5.41, 5.74) is 7.61. The normalized spacial score (nSPS) is 16.7. The Kier molecular flexibility index (Phi) is 2.85. The van der Waals surface area contributed by atoms with Crippen molar-refractivity contribution in [2.24, 2.45) is 0 Å². The zero-order chi connectivity index (χ0) is 14.2. The second kappa shape index (κ2) is 4.85. The van der Waals surface area contributed by atoms with Crippen molar-refractivity contribution in [2.75, 3.05) is 5.73 Å². The van der Waals surface area contributed by atoms with Crippen LogP contribution in [0, 0.1) is 0 Å². The van der Waals surface area contributed by atoms with E-state index in [0.717, 1.165) is 17.9 Å². The molecule has 3 aromatic rings. The lowest BCUT2D eigenvalue weighted by atomic mass is 10.1. The number of nitrogens with zero attached hydrogens (tertiary/aromatic N) is 3. The van der Waals surface area contributed by atoms with E-state index in [1.165, 1.54) is 16.9 Å². The van der Waals surface area contributed by atoms with Crippen LogP contribution < -0.4 is 10.5 Å². The summed E-state index contributed by atoms with van der Waals surface area (Å²) < 4.78 is 11.1. The number of fused-ring (bicyclic) bond motifs is 1. The van der Waals surface area contributed by atoms with E-state index < -0.39 is 0 Å². The molecular weight excluding hydrogens is 288 g/mol. The Bertz CT molecular complexity index is 758. The van der Waals surface area contributed by atoms with Gasteiger partial charge in [-0.05, 0) is 11.6 Å². The number of anilines is 1. The monoisotopic (exact) mass is 300 g/mol. The number of rotatable bonds is 3. The molecule has 2 aromatic heterocycles. The van der Waals surface area contributed by atoms with Crippen molar-refractivity contribution in [1.29, 1.82) is 0 Å². The highest BCUT2D eigenvalue weighted by atomic mass is 32.1. The van der Waals surface area contributed by atoms with E-state index in [-0.39, 0.29) is 6.10 Å². The lowest BCUT2D eigenvalue weighted by Gasteiger charge is -2.04. The van der Waals surface area contributed by atoms with Gasteiger partial charge in [-0.1, -0.05) is 23.4 Å². The lowest BCUT2D eigenvalue weighted by molar-refractivity contribution is 0.221. The minimum Gasteiger partial charge on any atom is -0.482 e. The number of nitrogen functional groups attached to an aromatic ring is 1. The Morgan fingerprint density at radius 2 is 2.19 bits per heavy atom. The van der Waals surface area contributed by atoms with Crippen molar-refractivity contribution in [3.8, 4) is 5.75 Å². The molecular formula is C14H12N4O2S. The summed E-state index contributed by atoms with van der Waals surface area (Å²) in [6, 6.07) is 7.96. The molecule has 0 bridgehead atoms. The number of hydrogen-bond acceptors (Lipinski definition) is 7. The van der Waals surface area contributed by atoms with Gasteiger partial charge in [-0.2, -0.15) is 4.98 Å². The van der Waals surface area contributed by atoms with Crippen LogP contribution in [0.15, 0.2) is 34.2 Å². The van der Waals surface area contributed by atoms with Crippen molar-refractivity contribution >= 4 is 16.5 Å². The van der Waals surface area contributed by atoms with Gasteiger partial charge in [0.15, 0.2) is 11.2 Å². The molecule has 0 fully saturated rings. The summed E-state index contributed by atoms with van der Waals surface area (Å²) in [4.78, 5) is 8.58. The largest absolute Gasteiger partial charge is 0.482 e. The fraction of sp³-hybridized carbons (Fsp3) is 0.214. The van der Waals surface area contributed by atoms with Crippen molar-refractivity contribution in [3.63, 3.8) is 0 Å². The second-order valence-electron chi connectivity index (χ2n) is 4.82. The lowest BCUT2D eigenvalue weighted by Crippen LogP contribution is -2.05. The smallest absolute Gasteiger partial charge is 0.232 e. The first kappa shape index (κ1) is 12.3. The highest BCUT2D eigenvalue weighted by Gasteiger charge is 2.28. The van der Waals surface area contributed by atoms with Crippen molar-refractivity contribution in [3.05, 3.63) is 52.6 Å². The number of ether oxygens (including phenoxy) is 1. The summed E-state index contributed by atoms with van der Waals surface area (Å²) in [6.07, 6.45) is 1.07. The molecule has 1 aliphatic rings. The van der Waals surface area contributed by atoms with E-state index in [1.54, 1.807) is 0 Å². The molecule has 4 rings (SSSR count). The molecule has 0 aliphatic carbocycles. The van der Waals surface area contributed by atoms with E-state index >= 15 is 0 Å². The number of nitrogens with two attached hydrogens (primary N) is 1. The van der Waals surface area contributed by atoms with Crippen LogP contribution in [-0.2, 0) is 12.8 Å². The molecule has 0 saturated heterocycles. The number of aromatic nitrogens is 3. The highest BCUT2D eigenvalue weighted by molar-refractivity contribution is 7.13. The first-order chi connectivity index (χ1) is 10.3. The average molecular weight is 300 g/mol. The van der Waals surface area contributed by atoms with Gasteiger partial charge in [0.1, 0.15) is 5.75 Å². The summed E-state index contributed by atoms with van der Waals surface area (Å²) in [7, 11) is 0. The third kappa shape index (κ3) is 2.36. The standard InChI is InChI=1S/C14H12N4O2S/c15-14-16-9(7-21-14)6-12-17-13(18-20-12)11-5-8-3-1-2-4-10(8)19-11/h1-4,7,11H,5-6H2,(H2,15,16). The molecule has 6 nitrogen and oxygen atoms in total. The van der Waals surface area contributed by atoms with Crippen molar-refractivity contribution in [2.45, 2.75) is 18.9 Å². The molecule has 0 spiro atoms. The van der Waals surface area contributed by atoms with Crippen molar-refractivity contribution < 1.29 is 9.26 Å². The minimum atomic E-state index is -0.180. The average Bonchev–Trinajstić information content (AvgIpc) is 3.18. The third-order valence-corrected chi connectivity index (χ3v) is 4.04. The van der Waals surface area contributed by atoms with E-state index in [1.807, 2.05) is 29.6 Å². The SMILES string of the molecule is Nc1nc(Cc2nc(C3Cc4ccccc4O3)no2)cs1. The molecule has 2 N–H and O–H groups in total. The number of benzene rings is 1. The highest BCUT2D eigenvalue weighted by Crippen LogP contribution is 2.35. The molecule has 1 atom stereocenters. The molecule has 1 aromatic carbocycles. The molecule has 0 radical (unpaired) electrons. The van der Waals surface area contributed by atoms with E-state index in [2.05, 4.69) is 15.1 Å². The summed E-state index contributed by atoms with van der Waals surface area (Å²) in [5.74, 6) is 1.99. The minimum absolute atomic E-state index is 0.180. The topological polar surface area (TPSA) is 87.1 Å². The van der Waals surface area contributed by atoms with Gasteiger partial charge < -0.3 is 15.0 Å². The summed E-state index contributed by atoms with van der Waals surface area (Å²) in [6.45, 7) is 0. The van der Waals surface area contributed by atoms with Gasteiger partial charge in [-0.3, -0.25) is 0 Å². The predicted octanol–water partition coefficient (Wildman–Crippen LogP) is 2.38. The van der Waals surface area contributed by atoms with Crippen molar-refractivity contribution in [1.82, 2.24) is 15.1 Å². The van der Waals surface area contributed by atoms with Gasteiger partial charge in [-0.25, -0.2) is 4.98 Å². The van der Waals surface area contributed by atoms with E-state index in [0.29, 0.717) is 23.3 Å². The van der Waals surface area contributed by atoms with E-state index in [4.69, 9.17) is 15.0 Å². The fourth-order valence-electron chi connectivity index (χ4n) is 2.36. The maximum absolute atomic E-state index is 5.84. The Morgan fingerprint density at radius 1 is 1.29 bits per heavy atom. The molecule has 0 saturated carbocycles. The first-order valence-electron chi connectivity index (χ1n) is 6.55. The summed E-state index contributed by atoms with van der Waals surface area (Å²) >= 11 is 1.40. The molecule has 106 valence electrons. The molecule has 21 heavy (non-hydrogen) atoms. The number of para-hydroxylation sites is 1. The van der Waals surface area contributed by atoms with Gasteiger partial charge in [0, 0.05) is 11.8 Å². The maximum atomic E-state index is 5.84. The molecule has 7 heteroatoms. The summed E-state index contributed by atoms with van der Waals surface area (Å²) in [5, 5.41) is 6.45. The first-order valence-corrected chi connectivity index (χ1v) is 7.43. The zero-order valence-electron chi connectivity index (χ0n) is 11.0. The van der Waals surface area contributed by atoms with Crippen LogP contribution in [0.3, 0.4) is 0 Å². The molecule has 1 aliphatic heterocycles. The van der Waals surface area contributed by atoms with Gasteiger partial charge in [-0.15, -0.1) is 11.3 Å². The Balaban J connectivity index is 1.51. The van der Waals surface area contributed by atoms with Gasteiger partial charge >= 0.3 is 0 Å². The number of hydrogen-bond donors (Lipinski definition) is 1. The van der Waals surface area contributed by atoms with Gasteiger partial charge in [0.2, 0.25) is 11.7 Å². The quantitative estimate of drug-likeness (QED) is 0.799. The Hall–Kier alpha value is -2.41. The van der Waals surface area contributed by atoms with Crippen LogP contribution in [0.2, 0.25) is 0 Å². The Morgan fingerprint density at radius 3 is 3.00 bits per heavy atom. The molecule has 1 unspecified atom stereocenters. The van der Waals surface area contributed by atoms with Gasteiger partial charge in [0.05, 0.1) is 12.1 Å². The zero-order valence-corrected chi connectivity index (χ0v) is 11.8. The molecule has 3 heterocycles. The molecule has 0 amide bonds. The fourth-order valence-corrected chi connectivity index (χ4v) is 2.92.